The Bertz CT molecular complexity index is 2280. The molecule has 2 aromatic heterocycles. The molecule has 3 aromatic rings. The van der Waals surface area contributed by atoms with Crippen LogP contribution in [0.2, 0.25) is 0 Å². The van der Waals surface area contributed by atoms with Crippen LogP contribution >= 0.6 is 35.2 Å². The number of phenolic OH excluding ortho intramolecular Hbond substituents is 2. The molecule has 31 heteroatoms. The summed E-state index contributed by atoms with van der Waals surface area (Å²) in [5.41, 5.74) is 4.58. The van der Waals surface area contributed by atoms with Crippen LogP contribution in [0.25, 0.3) is 17.2 Å². The maximum atomic E-state index is 12.7. The van der Waals surface area contributed by atoms with Crippen molar-refractivity contribution in [3.8, 4) is 17.2 Å². The van der Waals surface area contributed by atoms with Crippen LogP contribution in [-0.2, 0) is 50.7 Å². The summed E-state index contributed by atoms with van der Waals surface area (Å²) in [4.78, 5) is 88.0. The number of methoxy groups -OCH3 is 1. The smallest absolute Gasteiger partial charge is 0.481 e. The Morgan fingerprint density at radius 3 is 2.42 bits per heavy atom. The maximum Gasteiger partial charge on any atom is 0.481 e. The van der Waals surface area contributed by atoms with Crippen LogP contribution in [0, 0.1) is 5.41 Å². The molecule has 344 valence electrons. The van der Waals surface area contributed by atoms with E-state index in [1.54, 1.807) is 0 Å². The number of nitrogens with two attached hydrogens (primary N) is 1. The number of aliphatic hydroxyl groups excluding tert-OH is 2. The lowest BCUT2D eigenvalue weighted by Crippen LogP contribution is -2.46. The summed E-state index contributed by atoms with van der Waals surface area (Å²) in [6.45, 7) is 0.199. The third-order valence-electron chi connectivity index (χ3n) is 8.46. The van der Waals surface area contributed by atoms with Gasteiger partial charge >= 0.3 is 23.5 Å². The molecule has 0 saturated carbocycles. The van der Waals surface area contributed by atoms with Crippen LogP contribution in [-0.4, -0.2) is 140 Å². The van der Waals surface area contributed by atoms with Gasteiger partial charge in [0.2, 0.25) is 22.7 Å². The highest BCUT2D eigenvalue weighted by Gasteiger charge is 2.50. The van der Waals surface area contributed by atoms with Gasteiger partial charge < -0.3 is 65.8 Å². The molecule has 2 amide bonds. The molecule has 1 aliphatic rings. The van der Waals surface area contributed by atoms with E-state index >= 15 is 0 Å². The van der Waals surface area contributed by atoms with Gasteiger partial charge in [-0.2, -0.15) is 4.31 Å². The number of aromatic nitrogens is 4. The number of anilines is 1. The number of hydrogen-bond donors (Lipinski definition) is 11. The molecule has 1 saturated heterocycles. The minimum atomic E-state index is -5.60. The number of aromatic hydroxyl groups is 2. The van der Waals surface area contributed by atoms with E-state index < -0.39 is 96.1 Å². The molecule has 3 heterocycles. The van der Waals surface area contributed by atoms with Gasteiger partial charge in [-0.05, 0) is 23.8 Å². The number of phosphoric ester groups is 3. The second-order valence-corrected chi connectivity index (χ2v) is 19.0. The van der Waals surface area contributed by atoms with Gasteiger partial charge in [-0.15, -0.1) is 0 Å². The number of phenols is 2. The standard InChI is InChI=1S/C31H44N7O20P3S/c1-31(2,26(44)29(45)34-7-6-20(40)33-8-9-62-21(41)5-4-16-10-17(39)23(42)18(11-16)53-3)13-55-61(51,52)58-60(49,50)54-12-19-25(57-59(46,47)48)24(43)30(56-19)38-15-37-22-27(32)35-14-36-28(22)38/h4-5,10-11,14-15,19,24-26,30,39,42-44H,6-9,12-13H2,1-3H3,(H,33,40)(H,34,45)(H,49,50)(H,51,52)(H2,32,35,36)(H2,46,47,48)/b5-4+/t19-,24-,25-,26?,30-/m1/s1. The average molecular weight is 960 g/mol. The molecule has 0 spiro atoms. The van der Waals surface area contributed by atoms with Crippen LogP contribution < -0.4 is 21.1 Å². The normalized spacial score (nSPS) is 20.7. The SMILES string of the molecule is COc1cc(/C=C/C(=O)SCCNC(=O)CCNC(=O)C(O)C(C)(C)COP(=O)(O)OP(=O)(O)OC[C@H]2O[C@@H](n3cnc4c(N)ncnc43)[C@H](O)[C@@H]2OP(=O)(O)O)cc(O)c1O. The molecule has 3 unspecified atom stereocenters. The monoisotopic (exact) mass is 959 g/mol. The van der Waals surface area contributed by atoms with E-state index in [0.717, 1.165) is 29.0 Å². The fourth-order valence-corrected chi connectivity index (χ4v) is 8.76. The van der Waals surface area contributed by atoms with Crippen LogP contribution in [0.15, 0.2) is 30.9 Å². The highest BCUT2D eigenvalue weighted by atomic mass is 32.2. The number of amides is 2. The number of fused-ring (bicyclic) bond motifs is 1. The third-order valence-corrected chi connectivity index (χ3v) is 12.4. The Kier molecular flexibility index (Phi) is 17.2. The lowest BCUT2D eigenvalue weighted by molar-refractivity contribution is -0.137. The van der Waals surface area contributed by atoms with Crippen LogP contribution in [0.1, 0.15) is 32.1 Å². The number of hydrogen-bond acceptors (Lipinski definition) is 21. The van der Waals surface area contributed by atoms with Crippen molar-refractivity contribution in [3.05, 3.63) is 36.4 Å². The van der Waals surface area contributed by atoms with Crippen molar-refractivity contribution in [2.24, 2.45) is 5.41 Å². The summed E-state index contributed by atoms with van der Waals surface area (Å²) in [5, 5.41) is 45.4. The minimum Gasteiger partial charge on any atom is -0.504 e. The molecule has 62 heavy (non-hydrogen) atoms. The quantitative estimate of drug-likeness (QED) is 0.0269. The highest BCUT2D eigenvalue weighted by molar-refractivity contribution is 8.14. The molecular weight excluding hydrogens is 915 g/mol. The first kappa shape index (κ1) is 50.6. The van der Waals surface area contributed by atoms with E-state index in [4.69, 9.17) is 24.3 Å². The Morgan fingerprint density at radius 1 is 1.05 bits per heavy atom. The largest absolute Gasteiger partial charge is 0.504 e. The summed E-state index contributed by atoms with van der Waals surface area (Å²) in [6.07, 6.45) is -4.51. The maximum absolute atomic E-state index is 12.7. The van der Waals surface area contributed by atoms with Crippen molar-refractivity contribution >= 4 is 75.2 Å². The van der Waals surface area contributed by atoms with E-state index in [1.807, 2.05) is 0 Å². The zero-order valence-corrected chi connectivity index (χ0v) is 36.2. The number of carbonyl (C=O) groups excluding carboxylic acids is 3. The Morgan fingerprint density at radius 2 is 1.74 bits per heavy atom. The Balaban J connectivity index is 1.20. The summed E-state index contributed by atoms with van der Waals surface area (Å²) < 4.78 is 67.1. The van der Waals surface area contributed by atoms with E-state index in [0.29, 0.717) is 5.56 Å². The first-order valence-electron chi connectivity index (χ1n) is 17.7. The zero-order valence-electron chi connectivity index (χ0n) is 32.7. The lowest BCUT2D eigenvalue weighted by atomic mass is 9.87. The molecule has 27 nitrogen and oxygen atoms in total. The van der Waals surface area contributed by atoms with Gasteiger partial charge in [0, 0.05) is 30.7 Å². The average Bonchev–Trinajstić information content (AvgIpc) is 3.74. The second-order valence-electron chi connectivity index (χ2n) is 13.7. The number of imidazole rings is 1. The molecule has 1 fully saturated rings. The van der Waals surface area contributed by atoms with E-state index in [2.05, 4.69) is 34.4 Å². The number of carbonyl (C=O) groups is 3. The molecular formula is C31H44N7O20P3S. The van der Waals surface area contributed by atoms with Gasteiger partial charge in [0.25, 0.3) is 0 Å². The van der Waals surface area contributed by atoms with E-state index in [1.165, 1.54) is 45.2 Å². The van der Waals surface area contributed by atoms with E-state index in [9.17, 15) is 68.1 Å². The molecule has 4 rings (SSSR count). The Hall–Kier alpha value is -4.08. The fraction of sp³-hybridized carbons (Fsp3) is 0.484. The van der Waals surface area contributed by atoms with Crippen molar-refractivity contribution in [2.75, 3.05) is 44.9 Å². The number of ether oxygens (including phenoxy) is 2. The predicted octanol–water partition coefficient (Wildman–Crippen LogP) is -0.202. The fourth-order valence-electron chi connectivity index (χ4n) is 5.36. The summed E-state index contributed by atoms with van der Waals surface area (Å²) >= 11 is 0.877. The lowest BCUT2D eigenvalue weighted by Gasteiger charge is -2.30. The van der Waals surface area contributed by atoms with Crippen LogP contribution in [0.5, 0.6) is 17.2 Å². The first-order chi connectivity index (χ1) is 28.8. The topological polar surface area (TPSA) is 413 Å². The molecule has 7 atom stereocenters. The number of benzene rings is 1. The van der Waals surface area contributed by atoms with Gasteiger partial charge in [-0.25, -0.2) is 28.6 Å². The van der Waals surface area contributed by atoms with Gasteiger partial charge in [0.1, 0.15) is 36.3 Å². The van der Waals surface area contributed by atoms with Gasteiger partial charge in [0.15, 0.2) is 29.2 Å². The zero-order chi connectivity index (χ0) is 46.2. The van der Waals surface area contributed by atoms with Crippen molar-refractivity contribution in [1.82, 2.24) is 30.2 Å². The minimum absolute atomic E-state index is 0.0102. The van der Waals surface area contributed by atoms with Gasteiger partial charge in [-0.1, -0.05) is 31.7 Å². The molecule has 12 N–H and O–H groups in total. The number of rotatable bonds is 22. The first-order valence-corrected chi connectivity index (χ1v) is 23.2. The van der Waals surface area contributed by atoms with Gasteiger partial charge in [0.05, 0.1) is 26.7 Å². The van der Waals surface area contributed by atoms with Gasteiger partial charge in [-0.3, -0.25) is 32.5 Å². The van der Waals surface area contributed by atoms with Crippen molar-refractivity contribution in [3.63, 3.8) is 0 Å². The van der Waals surface area contributed by atoms with Crippen LogP contribution in [0.3, 0.4) is 0 Å². The summed E-state index contributed by atoms with van der Waals surface area (Å²) in [6, 6.07) is 2.63. The predicted molar refractivity (Wildman–Crippen MR) is 212 cm³/mol. The van der Waals surface area contributed by atoms with Crippen LogP contribution in [0.4, 0.5) is 5.82 Å². The summed E-state index contributed by atoms with van der Waals surface area (Å²) in [7, 11) is -15.2. The van der Waals surface area contributed by atoms with Crippen molar-refractivity contribution in [2.45, 2.75) is 50.9 Å². The molecule has 0 aliphatic carbocycles. The number of nitrogens with zero attached hydrogens (tertiary/aromatic N) is 4. The number of nitrogen functional groups attached to an aromatic ring is 1. The number of thioether (sulfide) groups is 1. The van der Waals surface area contributed by atoms with Crippen molar-refractivity contribution < 1.29 is 95.4 Å². The highest BCUT2D eigenvalue weighted by Crippen LogP contribution is 2.61. The molecule has 0 bridgehead atoms. The molecule has 1 aliphatic heterocycles. The van der Waals surface area contributed by atoms with Crippen molar-refractivity contribution in [1.29, 1.82) is 0 Å². The second kappa shape index (κ2) is 21.1. The molecule has 0 radical (unpaired) electrons. The number of nitrogens with one attached hydrogen (secondary N) is 2. The number of phosphoric acid groups is 3. The van der Waals surface area contributed by atoms with E-state index in [-0.39, 0.29) is 53.1 Å². The molecule has 1 aromatic carbocycles. The Labute approximate surface area is 355 Å². The number of aliphatic hydroxyl groups is 2. The summed E-state index contributed by atoms with van der Waals surface area (Å²) in [5.74, 6) is -2.28. The third kappa shape index (κ3) is 14.2.